The smallest absolute Gasteiger partial charge is 0.222 e. The van der Waals surface area contributed by atoms with E-state index in [1.807, 2.05) is 10.8 Å². The first-order chi connectivity index (χ1) is 8.31. The Morgan fingerprint density at radius 1 is 1.22 bits per heavy atom. The molecule has 0 aromatic carbocycles. The summed E-state index contributed by atoms with van der Waals surface area (Å²) in [7, 11) is 5.29. The normalized spacial score (nSPS) is 14.4. The van der Waals surface area contributed by atoms with Crippen molar-refractivity contribution in [3.05, 3.63) is 0 Å². The molecule has 0 saturated carbocycles. The molecule has 0 heterocycles. The summed E-state index contributed by atoms with van der Waals surface area (Å²) in [4.78, 5) is 24.8. The van der Waals surface area contributed by atoms with Crippen LogP contribution in [0, 0.1) is 5.92 Å². The van der Waals surface area contributed by atoms with Crippen LogP contribution >= 0.6 is 21.6 Å². The highest BCUT2D eigenvalue weighted by atomic mass is 33.1. The van der Waals surface area contributed by atoms with Crippen LogP contribution in [-0.4, -0.2) is 41.2 Å². The van der Waals surface area contributed by atoms with E-state index >= 15 is 0 Å². The monoisotopic (exact) mass is 291 g/mol. The van der Waals surface area contributed by atoms with Crippen LogP contribution in [0.4, 0.5) is 0 Å². The van der Waals surface area contributed by atoms with Crippen molar-refractivity contribution in [1.29, 1.82) is 0 Å². The first-order valence-corrected chi connectivity index (χ1v) is 8.88. The molecule has 0 bridgehead atoms. The predicted octanol–water partition coefficient (Wildman–Crippen LogP) is 3.24. The van der Waals surface area contributed by atoms with Gasteiger partial charge in [-0.1, -0.05) is 35.4 Å². The molecule has 1 unspecified atom stereocenters. The summed E-state index contributed by atoms with van der Waals surface area (Å²) in [6.07, 6.45) is 3.45. The van der Waals surface area contributed by atoms with Gasteiger partial charge in [0.05, 0.1) is 6.04 Å². The van der Waals surface area contributed by atoms with E-state index in [9.17, 15) is 9.59 Å². The van der Waals surface area contributed by atoms with Crippen molar-refractivity contribution < 1.29 is 9.59 Å². The number of likely N-dealkylation sites (N-methyl/N-ethyl adjacent to an activating group) is 1. The third kappa shape index (κ3) is 6.14. The van der Waals surface area contributed by atoms with Gasteiger partial charge in [0.1, 0.15) is 0 Å². The lowest BCUT2D eigenvalue weighted by Crippen LogP contribution is -2.39. The number of hydrogen-bond donors (Lipinski definition) is 0. The molecule has 0 aliphatic rings. The molecular formula is C13H25NO2S2. The lowest BCUT2D eigenvalue weighted by atomic mass is 10.0. The summed E-state index contributed by atoms with van der Waals surface area (Å²) in [5, 5.41) is 0.491. The molecule has 0 rings (SSSR count). The van der Waals surface area contributed by atoms with Gasteiger partial charge in [-0.05, 0) is 32.4 Å². The van der Waals surface area contributed by atoms with Gasteiger partial charge in [0, 0.05) is 18.7 Å². The van der Waals surface area contributed by atoms with Gasteiger partial charge >= 0.3 is 0 Å². The molecule has 5 heteroatoms. The third-order valence-corrected chi connectivity index (χ3v) is 5.71. The molecular weight excluding hydrogens is 266 g/mol. The van der Waals surface area contributed by atoms with Gasteiger partial charge in [-0.3, -0.25) is 9.59 Å². The average molecular weight is 291 g/mol. The molecule has 0 N–H and O–H groups in total. The van der Waals surface area contributed by atoms with E-state index in [0.29, 0.717) is 17.6 Å². The van der Waals surface area contributed by atoms with E-state index in [1.165, 1.54) is 6.92 Å². The van der Waals surface area contributed by atoms with Gasteiger partial charge in [-0.2, -0.15) is 0 Å². The van der Waals surface area contributed by atoms with E-state index in [0.717, 1.165) is 6.42 Å². The number of carbonyl (C=O) groups is 2. The van der Waals surface area contributed by atoms with E-state index in [1.54, 1.807) is 29.7 Å². The molecule has 0 aliphatic heterocycles. The summed E-state index contributed by atoms with van der Waals surface area (Å²) >= 11 is 0. The fourth-order valence-electron chi connectivity index (χ4n) is 1.55. The molecule has 18 heavy (non-hydrogen) atoms. The first kappa shape index (κ1) is 17.8. The second-order valence-corrected chi connectivity index (χ2v) is 7.58. The van der Waals surface area contributed by atoms with Crippen LogP contribution in [0.25, 0.3) is 0 Å². The maximum atomic E-state index is 12.0. The zero-order chi connectivity index (χ0) is 14.3. The van der Waals surface area contributed by atoms with Crippen LogP contribution in [0.2, 0.25) is 0 Å². The molecule has 0 spiro atoms. The SMILES string of the molecule is CSSC(CCC(=O)N(C)[C@H](C)C(C)=O)C(C)C. The Morgan fingerprint density at radius 3 is 2.17 bits per heavy atom. The molecule has 1 amide bonds. The summed E-state index contributed by atoms with van der Waals surface area (Å²) in [6.45, 7) is 7.66. The average Bonchev–Trinajstić information content (AvgIpc) is 2.31. The lowest BCUT2D eigenvalue weighted by Gasteiger charge is -2.24. The third-order valence-electron chi connectivity index (χ3n) is 3.17. The topological polar surface area (TPSA) is 37.4 Å². The van der Waals surface area contributed by atoms with Crippen molar-refractivity contribution >= 4 is 33.3 Å². The minimum Gasteiger partial charge on any atom is -0.336 e. The van der Waals surface area contributed by atoms with E-state index in [-0.39, 0.29) is 17.7 Å². The van der Waals surface area contributed by atoms with Crippen LogP contribution in [0.5, 0.6) is 0 Å². The number of carbonyl (C=O) groups excluding carboxylic acids is 2. The Labute approximate surface area is 119 Å². The fourth-order valence-corrected chi connectivity index (χ4v) is 3.93. The summed E-state index contributed by atoms with van der Waals surface area (Å²) < 4.78 is 0. The highest BCUT2D eigenvalue weighted by Crippen LogP contribution is 2.32. The predicted molar refractivity (Wildman–Crippen MR) is 81.9 cm³/mol. The Kier molecular flexibility index (Phi) is 8.78. The van der Waals surface area contributed by atoms with Gasteiger partial charge < -0.3 is 4.90 Å². The van der Waals surface area contributed by atoms with Gasteiger partial charge in [0.15, 0.2) is 5.78 Å². The van der Waals surface area contributed by atoms with Crippen molar-refractivity contribution in [2.45, 2.75) is 51.8 Å². The Hall–Kier alpha value is -0.160. The van der Waals surface area contributed by atoms with Crippen LogP contribution < -0.4 is 0 Å². The molecule has 0 aromatic rings. The van der Waals surface area contributed by atoms with E-state index < -0.39 is 0 Å². The summed E-state index contributed by atoms with van der Waals surface area (Å²) in [6, 6.07) is -0.316. The number of rotatable bonds is 8. The van der Waals surface area contributed by atoms with Crippen LogP contribution in [0.3, 0.4) is 0 Å². The number of ketones is 1. The largest absolute Gasteiger partial charge is 0.336 e. The van der Waals surface area contributed by atoms with Crippen molar-refractivity contribution in [3.63, 3.8) is 0 Å². The van der Waals surface area contributed by atoms with Crippen molar-refractivity contribution in [2.75, 3.05) is 13.3 Å². The highest BCUT2D eigenvalue weighted by molar-refractivity contribution is 8.76. The fraction of sp³-hybridized carbons (Fsp3) is 0.846. The van der Waals surface area contributed by atoms with Crippen LogP contribution in [-0.2, 0) is 9.59 Å². The van der Waals surface area contributed by atoms with E-state index in [4.69, 9.17) is 0 Å². The minimum absolute atomic E-state index is 0.0322. The van der Waals surface area contributed by atoms with Crippen molar-refractivity contribution in [1.82, 2.24) is 4.90 Å². The number of amides is 1. The van der Waals surface area contributed by atoms with Gasteiger partial charge in [-0.25, -0.2) is 0 Å². The number of Topliss-reactive ketones (excluding diaryl/α,β-unsaturated/α-hetero) is 1. The molecule has 2 atom stereocenters. The number of nitrogens with zero attached hydrogens (tertiary/aromatic N) is 1. The van der Waals surface area contributed by atoms with Crippen molar-refractivity contribution in [3.8, 4) is 0 Å². The lowest BCUT2D eigenvalue weighted by molar-refractivity contribution is -0.136. The molecule has 0 saturated heterocycles. The van der Waals surface area contributed by atoms with Crippen molar-refractivity contribution in [2.24, 2.45) is 5.92 Å². The summed E-state index contributed by atoms with van der Waals surface area (Å²) in [5.41, 5.74) is 0. The molecule has 0 aliphatic carbocycles. The molecule has 0 radical (unpaired) electrons. The number of hydrogen-bond acceptors (Lipinski definition) is 4. The molecule has 106 valence electrons. The molecule has 0 fully saturated rings. The molecule has 3 nitrogen and oxygen atoms in total. The van der Waals surface area contributed by atoms with Gasteiger partial charge in [-0.15, -0.1) is 0 Å². The second-order valence-electron chi connectivity index (χ2n) is 4.88. The summed E-state index contributed by atoms with van der Waals surface area (Å²) in [5.74, 6) is 0.653. The zero-order valence-electron chi connectivity index (χ0n) is 12.2. The highest BCUT2D eigenvalue weighted by Gasteiger charge is 2.21. The Bertz CT molecular complexity index is 282. The zero-order valence-corrected chi connectivity index (χ0v) is 13.9. The molecule has 0 aromatic heterocycles. The standard InChI is InChI=1S/C13H25NO2S2/c1-9(2)12(18-17-6)7-8-13(16)14(5)10(3)11(4)15/h9-10,12H,7-8H2,1-6H3/t10-,12?/m1/s1. The first-order valence-electron chi connectivity index (χ1n) is 6.26. The Balaban J connectivity index is 4.27. The minimum atomic E-state index is -0.316. The maximum absolute atomic E-state index is 12.0. The second kappa shape index (κ2) is 8.86. The van der Waals surface area contributed by atoms with Crippen LogP contribution in [0.15, 0.2) is 0 Å². The maximum Gasteiger partial charge on any atom is 0.222 e. The quantitative estimate of drug-likeness (QED) is 0.643. The van der Waals surface area contributed by atoms with Gasteiger partial charge in [0.2, 0.25) is 5.91 Å². The van der Waals surface area contributed by atoms with Crippen LogP contribution in [0.1, 0.15) is 40.5 Å². The van der Waals surface area contributed by atoms with Gasteiger partial charge in [0.25, 0.3) is 0 Å². The van der Waals surface area contributed by atoms with E-state index in [2.05, 4.69) is 20.1 Å². The Morgan fingerprint density at radius 2 is 1.78 bits per heavy atom.